The maximum absolute atomic E-state index is 10.8. The van der Waals surface area contributed by atoms with Gasteiger partial charge < -0.3 is 10.4 Å². The lowest BCUT2D eigenvalue weighted by Gasteiger charge is -2.33. The largest absolute Gasteiger partial charge is 0.474 e. The minimum absolute atomic E-state index is 0.101. The van der Waals surface area contributed by atoms with E-state index in [1.54, 1.807) is 0 Å². The van der Waals surface area contributed by atoms with E-state index in [1.807, 2.05) is 0 Å². The second kappa shape index (κ2) is 4.44. The third-order valence-electron chi connectivity index (χ3n) is 2.93. The maximum Gasteiger partial charge on any atom is 0.394 e. The van der Waals surface area contributed by atoms with Crippen molar-refractivity contribution in [1.29, 1.82) is 0 Å². The zero-order valence-electron chi connectivity index (χ0n) is 8.51. The number of carbonyl (C=O) groups excluding carboxylic acids is 1. The highest BCUT2D eigenvalue weighted by Gasteiger charge is 2.27. The molecule has 80 valence electrons. The summed E-state index contributed by atoms with van der Waals surface area (Å²) in [5.41, 5.74) is 0.101. The summed E-state index contributed by atoms with van der Waals surface area (Å²) in [6, 6.07) is 0. The summed E-state index contributed by atoms with van der Waals surface area (Å²) in [5, 5.41) is 10.8. The fraction of sp³-hybridized carbons (Fsp3) is 0.800. The highest BCUT2D eigenvalue weighted by molar-refractivity contribution is 6.31. The fourth-order valence-electron chi connectivity index (χ4n) is 1.95. The van der Waals surface area contributed by atoms with Crippen LogP contribution in [0.5, 0.6) is 0 Å². The van der Waals surface area contributed by atoms with Gasteiger partial charge in [-0.25, -0.2) is 4.79 Å². The average molecular weight is 199 g/mol. The van der Waals surface area contributed by atoms with Crippen LogP contribution in [-0.2, 0) is 9.59 Å². The summed E-state index contributed by atoms with van der Waals surface area (Å²) >= 11 is 0. The van der Waals surface area contributed by atoms with Gasteiger partial charge in [-0.15, -0.1) is 0 Å². The maximum atomic E-state index is 10.8. The molecule has 0 aromatic rings. The SMILES string of the molecule is CC1(CNC(=O)C(=O)O)CCCCC1. The minimum atomic E-state index is -1.40. The molecule has 2 N–H and O–H groups in total. The summed E-state index contributed by atoms with van der Waals surface area (Å²) in [5.74, 6) is -2.29. The van der Waals surface area contributed by atoms with Crippen LogP contribution in [0.3, 0.4) is 0 Å². The first-order valence-corrected chi connectivity index (χ1v) is 5.05. The van der Waals surface area contributed by atoms with E-state index in [4.69, 9.17) is 5.11 Å². The van der Waals surface area contributed by atoms with Crippen molar-refractivity contribution in [2.24, 2.45) is 5.41 Å². The third-order valence-corrected chi connectivity index (χ3v) is 2.93. The monoisotopic (exact) mass is 199 g/mol. The second-order valence-electron chi connectivity index (χ2n) is 4.36. The Hall–Kier alpha value is -1.06. The Bertz CT molecular complexity index is 232. The van der Waals surface area contributed by atoms with E-state index in [-0.39, 0.29) is 5.41 Å². The fourth-order valence-corrected chi connectivity index (χ4v) is 1.95. The van der Waals surface area contributed by atoms with E-state index in [0.717, 1.165) is 12.8 Å². The molecule has 0 aliphatic heterocycles. The first-order chi connectivity index (χ1) is 6.53. The van der Waals surface area contributed by atoms with Crippen LogP contribution in [0.25, 0.3) is 0 Å². The predicted molar refractivity (Wildman–Crippen MR) is 51.8 cm³/mol. The standard InChI is InChI=1S/C10H17NO3/c1-10(5-3-2-4-6-10)7-11-8(12)9(13)14/h2-7H2,1H3,(H,11,12)(H,13,14). The van der Waals surface area contributed by atoms with E-state index in [0.29, 0.717) is 6.54 Å². The average Bonchev–Trinajstić information content (AvgIpc) is 2.15. The molecule has 0 radical (unpaired) electrons. The number of carboxylic acids is 1. The third kappa shape index (κ3) is 3.01. The quantitative estimate of drug-likeness (QED) is 0.656. The Balaban J connectivity index is 2.35. The van der Waals surface area contributed by atoms with Gasteiger partial charge in [0.1, 0.15) is 0 Å². The topological polar surface area (TPSA) is 66.4 Å². The van der Waals surface area contributed by atoms with E-state index in [9.17, 15) is 9.59 Å². The number of amides is 1. The summed E-state index contributed by atoms with van der Waals surface area (Å²) < 4.78 is 0. The molecule has 14 heavy (non-hydrogen) atoms. The molecule has 1 amide bonds. The summed E-state index contributed by atoms with van der Waals surface area (Å²) in [6.45, 7) is 2.59. The van der Waals surface area contributed by atoms with Crippen LogP contribution in [0, 0.1) is 5.41 Å². The molecule has 0 atom stereocenters. The van der Waals surface area contributed by atoms with Crippen LogP contribution in [0.2, 0.25) is 0 Å². The van der Waals surface area contributed by atoms with E-state index < -0.39 is 11.9 Å². The van der Waals surface area contributed by atoms with Gasteiger partial charge in [0.15, 0.2) is 0 Å². The molecular weight excluding hydrogens is 182 g/mol. The van der Waals surface area contributed by atoms with Crippen molar-refractivity contribution in [3.05, 3.63) is 0 Å². The molecule has 0 aromatic heterocycles. The van der Waals surface area contributed by atoms with E-state index >= 15 is 0 Å². The Morgan fingerprint density at radius 1 is 1.29 bits per heavy atom. The molecule has 1 fully saturated rings. The van der Waals surface area contributed by atoms with Crippen molar-refractivity contribution in [2.75, 3.05) is 6.54 Å². The molecule has 0 bridgehead atoms. The lowest BCUT2D eigenvalue weighted by molar-refractivity contribution is -0.150. The van der Waals surface area contributed by atoms with Crippen molar-refractivity contribution in [3.8, 4) is 0 Å². The first kappa shape index (κ1) is 11.0. The Kier molecular flexibility index (Phi) is 3.49. The summed E-state index contributed by atoms with van der Waals surface area (Å²) in [4.78, 5) is 21.1. The van der Waals surface area contributed by atoms with Gasteiger partial charge in [0.2, 0.25) is 0 Å². The molecule has 4 nitrogen and oxygen atoms in total. The molecule has 0 heterocycles. The zero-order valence-corrected chi connectivity index (χ0v) is 8.51. The summed E-state index contributed by atoms with van der Waals surface area (Å²) in [6.07, 6.45) is 5.77. The molecule has 0 unspecified atom stereocenters. The molecule has 1 aliphatic carbocycles. The minimum Gasteiger partial charge on any atom is -0.474 e. The molecule has 1 saturated carbocycles. The first-order valence-electron chi connectivity index (χ1n) is 5.05. The number of rotatable bonds is 2. The smallest absolute Gasteiger partial charge is 0.394 e. The highest BCUT2D eigenvalue weighted by atomic mass is 16.4. The van der Waals surface area contributed by atoms with Gasteiger partial charge in [-0.1, -0.05) is 26.2 Å². The Morgan fingerprint density at radius 2 is 1.86 bits per heavy atom. The highest BCUT2D eigenvalue weighted by Crippen LogP contribution is 2.34. The van der Waals surface area contributed by atoms with Crippen molar-refractivity contribution >= 4 is 11.9 Å². The molecule has 0 aromatic carbocycles. The van der Waals surface area contributed by atoms with Gasteiger partial charge >= 0.3 is 11.9 Å². The van der Waals surface area contributed by atoms with Crippen LogP contribution in [-0.4, -0.2) is 23.5 Å². The van der Waals surface area contributed by atoms with Gasteiger partial charge in [-0.05, 0) is 18.3 Å². The number of nitrogens with one attached hydrogen (secondary N) is 1. The normalized spacial score (nSPS) is 20.1. The van der Waals surface area contributed by atoms with Gasteiger partial charge in [0.25, 0.3) is 0 Å². The van der Waals surface area contributed by atoms with Crippen molar-refractivity contribution in [3.63, 3.8) is 0 Å². The number of hydrogen-bond donors (Lipinski definition) is 2. The molecule has 1 rings (SSSR count). The Labute approximate surface area is 83.7 Å². The number of hydrogen-bond acceptors (Lipinski definition) is 2. The predicted octanol–water partition coefficient (Wildman–Crippen LogP) is 1.16. The van der Waals surface area contributed by atoms with Crippen molar-refractivity contribution < 1.29 is 14.7 Å². The number of carbonyl (C=O) groups is 2. The van der Waals surface area contributed by atoms with E-state index in [2.05, 4.69) is 12.2 Å². The van der Waals surface area contributed by atoms with Crippen LogP contribution in [0.15, 0.2) is 0 Å². The number of aliphatic carboxylic acids is 1. The van der Waals surface area contributed by atoms with Crippen LogP contribution in [0.1, 0.15) is 39.0 Å². The molecule has 4 heteroatoms. The van der Waals surface area contributed by atoms with Crippen molar-refractivity contribution in [1.82, 2.24) is 5.32 Å². The lowest BCUT2D eigenvalue weighted by atomic mass is 9.76. The number of carboxylic acid groups (broad SMARTS) is 1. The van der Waals surface area contributed by atoms with Crippen LogP contribution in [0.4, 0.5) is 0 Å². The van der Waals surface area contributed by atoms with Crippen LogP contribution >= 0.6 is 0 Å². The van der Waals surface area contributed by atoms with Gasteiger partial charge in [0.05, 0.1) is 0 Å². The molecule has 0 saturated heterocycles. The molecule has 1 aliphatic rings. The van der Waals surface area contributed by atoms with Crippen molar-refractivity contribution in [2.45, 2.75) is 39.0 Å². The summed E-state index contributed by atoms with van der Waals surface area (Å²) in [7, 11) is 0. The Morgan fingerprint density at radius 3 is 2.36 bits per heavy atom. The molecular formula is C10H17NO3. The lowest BCUT2D eigenvalue weighted by Crippen LogP contribution is -2.40. The van der Waals surface area contributed by atoms with Gasteiger partial charge in [-0.3, -0.25) is 4.79 Å². The van der Waals surface area contributed by atoms with Gasteiger partial charge in [-0.2, -0.15) is 0 Å². The van der Waals surface area contributed by atoms with E-state index in [1.165, 1.54) is 19.3 Å². The second-order valence-corrected chi connectivity index (χ2v) is 4.36. The zero-order chi connectivity index (χ0) is 10.6. The molecule has 0 spiro atoms. The van der Waals surface area contributed by atoms with Gasteiger partial charge in [0, 0.05) is 6.54 Å². The van der Waals surface area contributed by atoms with Crippen LogP contribution < -0.4 is 5.32 Å².